The highest BCUT2D eigenvalue weighted by Gasteiger charge is 2.20. The van der Waals surface area contributed by atoms with E-state index in [9.17, 15) is 8.42 Å². The lowest BCUT2D eigenvalue weighted by Crippen LogP contribution is -2.05. The minimum Gasteiger partial charge on any atom is -0.381 e. The van der Waals surface area contributed by atoms with Crippen molar-refractivity contribution in [2.45, 2.75) is 5.16 Å². The fourth-order valence-electron chi connectivity index (χ4n) is 1.20. The number of rotatable bonds is 1. The van der Waals surface area contributed by atoms with Crippen molar-refractivity contribution in [3.05, 3.63) is 0 Å². The molecular weight excluding hydrogens is 224 g/mol. The molecule has 0 fully saturated rings. The molecule has 0 bridgehead atoms. The Morgan fingerprint density at radius 2 is 2.14 bits per heavy atom. The van der Waals surface area contributed by atoms with Crippen LogP contribution in [0.25, 0.3) is 10.3 Å². The summed E-state index contributed by atoms with van der Waals surface area (Å²) in [6, 6.07) is 0. The van der Waals surface area contributed by atoms with E-state index in [1.165, 1.54) is 4.57 Å². The molecule has 2 N–H and O–H groups in total. The molecule has 0 amide bonds. The topological polar surface area (TPSA) is 90.9 Å². The second-order valence-electron chi connectivity index (χ2n) is 2.95. The van der Waals surface area contributed by atoms with E-state index >= 15 is 0 Å². The third kappa shape index (κ3) is 1.18. The first-order valence-electron chi connectivity index (χ1n) is 3.69. The number of fused-ring (bicyclic) bond motifs is 1. The van der Waals surface area contributed by atoms with Crippen molar-refractivity contribution >= 4 is 37.5 Å². The quantitative estimate of drug-likeness (QED) is 0.748. The van der Waals surface area contributed by atoms with Gasteiger partial charge < -0.3 is 10.3 Å². The predicted octanol–water partition coefficient (Wildman–Crippen LogP) is 0.0155. The highest BCUT2D eigenvalue weighted by molar-refractivity contribution is 7.90. The summed E-state index contributed by atoms with van der Waals surface area (Å²) in [5.74, 6) is 0.274. The van der Waals surface area contributed by atoms with Gasteiger partial charge in [-0.1, -0.05) is 0 Å². The zero-order chi connectivity index (χ0) is 10.5. The molecule has 6 nitrogen and oxygen atoms in total. The molecule has 14 heavy (non-hydrogen) atoms. The van der Waals surface area contributed by atoms with Gasteiger partial charge in [-0.05, 0) is 11.5 Å². The first kappa shape index (κ1) is 9.41. The molecule has 2 aromatic heterocycles. The van der Waals surface area contributed by atoms with Crippen LogP contribution in [-0.2, 0) is 16.9 Å². The molecular formula is C6H8N4O2S2. The van der Waals surface area contributed by atoms with Crippen LogP contribution in [0.3, 0.4) is 0 Å². The Bertz CT molecular complexity index is 595. The van der Waals surface area contributed by atoms with Gasteiger partial charge in [0.05, 0.1) is 0 Å². The standard InChI is InChI=1S/C6H8N4O2S2/c1-10-5-3(4(7)9-13-5)8-6(10)14(2,11)12/h1-2H3,(H2,7,9). The normalized spacial score (nSPS) is 12.4. The van der Waals surface area contributed by atoms with Gasteiger partial charge in [0.15, 0.2) is 5.82 Å². The van der Waals surface area contributed by atoms with E-state index in [4.69, 9.17) is 5.73 Å². The van der Waals surface area contributed by atoms with Crippen molar-refractivity contribution in [1.82, 2.24) is 13.9 Å². The maximum absolute atomic E-state index is 11.3. The molecule has 2 aromatic rings. The summed E-state index contributed by atoms with van der Waals surface area (Å²) in [7, 11) is -1.68. The van der Waals surface area contributed by atoms with Crippen LogP contribution in [0, 0.1) is 0 Å². The Morgan fingerprint density at radius 1 is 1.50 bits per heavy atom. The highest BCUT2D eigenvalue weighted by Crippen LogP contribution is 2.25. The third-order valence-electron chi connectivity index (χ3n) is 1.81. The molecule has 0 aliphatic carbocycles. The van der Waals surface area contributed by atoms with Crippen molar-refractivity contribution in [3.8, 4) is 0 Å². The number of nitrogens with two attached hydrogens (primary N) is 1. The van der Waals surface area contributed by atoms with Gasteiger partial charge in [0.25, 0.3) is 0 Å². The molecule has 8 heteroatoms. The number of hydrogen-bond acceptors (Lipinski definition) is 6. The van der Waals surface area contributed by atoms with E-state index in [0.29, 0.717) is 10.3 Å². The van der Waals surface area contributed by atoms with Gasteiger partial charge in [-0.3, -0.25) is 0 Å². The summed E-state index contributed by atoms with van der Waals surface area (Å²) in [6.45, 7) is 0. The van der Waals surface area contributed by atoms with Crippen LogP contribution in [0.4, 0.5) is 5.82 Å². The van der Waals surface area contributed by atoms with Crippen molar-refractivity contribution in [2.75, 3.05) is 12.0 Å². The minimum absolute atomic E-state index is 0.0212. The third-order valence-corrected chi connectivity index (χ3v) is 3.76. The number of imidazole rings is 1. The van der Waals surface area contributed by atoms with E-state index < -0.39 is 9.84 Å². The lowest BCUT2D eigenvalue weighted by Gasteiger charge is -1.96. The van der Waals surface area contributed by atoms with E-state index in [1.807, 2.05) is 0 Å². The van der Waals surface area contributed by atoms with Crippen LogP contribution in [0.2, 0.25) is 0 Å². The number of aromatic nitrogens is 3. The number of anilines is 1. The average molecular weight is 232 g/mol. The summed E-state index contributed by atoms with van der Waals surface area (Å²) >= 11 is 1.14. The van der Waals surface area contributed by atoms with E-state index in [2.05, 4.69) is 9.36 Å². The Hall–Kier alpha value is -1.15. The Balaban J connectivity index is 2.88. The Labute approximate surface area is 84.4 Å². The van der Waals surface area contributed by atoms with Gasteiger partial charge in [0.1, 0.15) is 10.3 Å². The predicted molar refractivity (Wildman–Crippen MR) is 53.9 cm³/mol. The number of nitrogens with zero attached hydrogens (tertiary/aromatic N) is 3. The maximum atomic E-state index is 11.3. The molecule has 0 aliphatic rings. The molecule has 0 saturated heterocycles. The van der Waals surface area contributed by atoms with Crippen LogP contribution in [0.15, 0.2) is 5.16 Å². The summed E-state index contributed by atoms with van der Waals surface area (Å²) in [5.41, 5.74) is 5.99. The maximum Gasteiger partial charge on any atom is 0.228 e. The molecule has 2 heterocycles. The van der Waals surface area contributed by atoms with E-state index in [0.717, 1.165) is 17.8 Å². The molecule has 0 aliphatic heterocycles. The molecule has 0 saturated carbocycles. The van der Waals surface area contributed by atoms with Crippen molar-refractivity contribution in [3.63, 3.8) is 0 Å². The van der Waals surface area contributed by atoms with Crippen LogP contribution in [0.1, 0.15) is 0 Å². The van der Waals surface area contributed by atoms with Gasteiger partial charge in [-0.15, -0.1) is 0 Å². The van der Waals surface area contributed by atoms with Gasteiger partial charge >= 0.3 is 0 Å². The molecule has 2 rings (SSSR count). The molecule has 0 spiro atoms. The van der Waals surface area contributed by atoms with Gasteiger partial charge in [-0.25, -0.2) is 13.4 Å². The summed E-state index contributed by atoms with van der Waals surface area (Å²) in [5, 5.41) is 0.0212. The lowest BCUT2D eigenvalue weighted by atomic mass is 10.6. The zero-order valence-electron chi connectivity index (χ0n) is 7.55. The monoisotopic (exact) mass is 232 g/mol. The fraction of sp³-hybridized carbons (Fsp3) is 0.333. The van der Waals surface area contributed by atoms with Crippen molar-refractivity contribution in [1.29, 1.82) is 0 Å². The fourth-order valence-corrected chi connectivity index (χ4v) is 2.82. The number of hydrogen-bond donors (Lipinski definition) is 1. The smallest absolute Gasteiger partial charge is 0.228 e. The minimum atomic E-state index is -3.31. The van der Waals surface area contributed by atoms with Crippen molar-refractivity contribution < 1.29 is 8.42 Å². The SMILES string of the molecule is Cn1c(S(C)(=O)=O)nc2c(N)nsc21. The second-order valence-corrected chi connectivity index (χ2v) is 5.61. The Morgan fingerprint density at radius 3 is 2.64 bits per heavy atom. The van der Waals surface area contributed by atoms with Gasteiger partial charge in [0.2, 0.25) is 15.0 Å². The molecule has 0 radical (unpaired) electrons. The van der Waals surface area contributed by atoms with Gasteiger partial charge in [0, 0.05) is 13.3 Å². The Kier molecular flexibility index (Phi) is 1.80. The van der Waals surface area contributed by atoms with Gasteiger partial charge in [-0.2, -0.15) is 4.37 Å². The van der Waals surface area contributed by atoms with E-state index in [-0.39, 0.29) is 11.0 Å². The average Bonchev–Trinajstić information content (AvgIpc) is 2.54. The number of sulfone groups is 1. The molecule has 0 aromatic carbocycles. The molecule has 76 valence electrons. The summed E-state index contributed by atoms with van der Waals surface area (Å²) in [6.07, 6.45) is 1.11. The zero-order valence-corrected chi connectivity index (χ0v) is 9.18. The summed E-state index contributed by atoms with van der Waals surface area (Å²) < 4.78 is 28.0. The number of aryl methyl sites for hydroxylation is 1. The van der Waals surface area contributed by atoms with Crippen LogP contribution in [0.5, 0.6) is 0 Å². The van der Waals surface area contributed by atoms with E-state index in [1.54, 1.807) is 7.05 Å². The molecule has 0 atom stereocenters. The lowest BCUT2D eigenvalue weighted by molar-refractivity contribution is 0.587. The first-order chi connectivity index (χ1) is 6.41. The highest BCUT2D eigenvalue weighted by atomic mass is 32.2. The molecule has 0 unspecified atom stereocenters. The van der Waals surface area contributed by atoms with Crippen LogP contribution < -0.4 is 5.73 Å². The van der Waals surface area contributed by atoms with Crippen LogP contribution >= 0.6 is 11.5 Å². The summed E-state index contributed by atoms with van der Waals surface area (Å²) in [4.78, 5) is 4.61. The van der Waals surface area contributed by atoms with Crippen molar-refractivity contribution in [2.24, 2.45) is 7.05 Å². The second kappa shape index (κ2) is 2.67. The largest absolute Gasteiger partial charge is 0.381 e. The number of nitrogen functional groups attached to an aromatic ring is 1. The first-order valence-corrected chi connectivity index (χ1v) is 6.35. The van der Waals surface area contributed by atoms with Crippen LogP contribution in [-0.4, -0.2) is 28.6 Å².